The molecule has 0 aromatic heterocycles. The lowest BCUT2D eigenvalue weighted by molar-refractivity contribution is 0.0607. The first kappa shape index (κ1) is 15.4. The van der Waals surface area contributed by atoms with Gasteiger partial charge in [0.25, 0.3) is 0 Å². The second-order valence-corrected chi connectivity index (χ2v) is 4.71. The fourth-order valence-electron chi connectivity index (χ4n) is 1.99. The van der Waals surface area contributed by atoms with Gasteiger partial charge in [0.2, 0.25) is 0 Å². The first-order valence-corrected chi connectivity index (χ1v) is 6.43. The van der Waals surface area contributed by atoms with Crippen LogP contribution >= 0.6 is 11.6 Å². The van der Waals surface area contributed by atoms with E-state index in [0.717, 1.165) is 12.8 Å². The molecule has 0 aliphatic rings. The third kappa shape index (κ3) is 4.21. The molecule has 1 aromatic rings. The van der Waals surface area contributed by atoms with Crippen molar-refractivity contribution in [3.8, 4) is 0 Å². The molecular formula is C13H20ClFN2O. The molecule has 3 N–H and O–H groups in total. The van der Waals surface area contributed by atoms with Gasteiger partial charge in [-0.15, -0.1) is 0 Å². The number of hydrogen-bond acceptors (Lipinski definition) is 3. The van der Waals surface area contributed by atoms with Crippen molar-refractivity contribution in [3.05, 3.63) is 34.6 Å². The molecule has 5 heteroatoms. The number of nitrogens with one attached hydrogen (secondary N) is 1. The Labute approximate surface area is 112 Å². The summed E-state index contributed by atoms with van der Waals surface area (Å²) in [5.74, 6) is 5.22. The highest BCUT2D eigenvalue weighted by atomic mass is 35.5. The van der Waals surface area contributed by atoms with Gasteiger partial charge in [-0.1, -0.05) is 31.0 Å². The zero-order valence-electron chi connectivity index (χ0n) is 10.7. The Morgan fingerprint density at radius 1 is 1.50 bits per heavy atom. The number of benzene rings is 1. The van der Waals surface area contributed by atoms with Gasteiger partial charge in [0.15, 0.2) is 0 Å². The lowest BCUT2D eigenvalue weighted by Gasteiger charge is -2.25. The van der Waals surface area contributed by atoms with E-state index in [1.807, 2.05) is 0 Å². The van der Waals surface area contributed by atoms with Crippen molar-refractivity contribution in [2.75, 3.05) is 7.11 Å². The number of rotatable bonds is 7. The number of hydrazine groups is 1. The Balaban J connectivity index is 2.78. The second-order valence-electron chi connectivity index (χ2n) is 4.28. The quantitative estimate of drug-likeness (QED) is 0.594. The largest absolute Gasteiger partial charge is 0.380 e. The molecule has 0 bridgehead atoms. The Morgan fingerprint density at radius 2 is 2.22 bits per heavy atom. The molecule has 1 rings (SSSR count). The summed E-state index contributed by atoms with van der Waals surface area (Å²) in [5, 5.41) is 0.394. The Morgan fingerprint density at radius 3 is 2.72 bits per heavy atom. The molecule has 2 atom stereocenters. The molecule has 102 valence electrons. The minimum absolute atomic E-state index is 0.0323. The third-order valence-electron chi connectivity index (χ3n) is 2.99. The molecule has 0 aliphatic carbocycles. The van der Waals surface area contributed by atoms with E-state index in [0.29, 0.717) is 17.0 Å². The lowest BCUT2D eigenvalue weighted by atomic mass is 9.98. The number of nitrogens with two attached hydrogens (primary N) is 1. The van der Waals surface area contributed by atoms with Gasteiger partial charge in [0.05, 0.1) is 12.1 Å². The van der Waals surface area contributed by atoms with Crippen molar-refractivity contribution >= 4 is 11.6 Å². The summed E-state index contributed by atoms with van der Waals surface area (Å²) >= 11 is 5.72. The minimum Gasteiger partial charge on any atom is -0.380 e. The van der Waals surface area contributed by atoms with Gasteiger partial charge in [-0.2, -0.15) is 0 Å². The summed E-state index contributed by atoms with van der Waals surface area (Å²) < 4.78 is 19.1. The fourth-order valence-corrected chi connectivity index (χ4v) is 2.15. The van der Waals surface area contributed by atoms with Crippen LogP contribution in [0.15, 0.2) is 18.2 Å². The monoisotopic (exact) mass is 274 g/mol. The van der Waals surface area contributed by atoms with Crippen LogP contribution < -0.4 is 11.3 Å². The van der Waals surface area contributed by atoms with Gasteiger partial charge in [0, 0.05) is 12.1 Å². The number of hydrogen-bond donors (Lipinski definition) is 2. The SMILES string of the molecule is CCCC(OC)C(Cc1ccc(Cl)cc1F)NN. The van der Waals surface area contributed by atoms with Gasteiger partial charge < -0.3 is 4.74 Å². The maximum atomic E-state index is 13.7. The van der Waals surface area contributed by atoms with Crippen LogP contribution in [0.1, 0.15) is 25.3 Å². The molecule has 0 heterocycles. The molecule has 3 nitrogen and oxygen atoms in total. The molecule has 18 heavy (non-hydrogen) atoms. The molecular weight excluding hydrogens is 255 g/mol. The van der Waals surface area contributed by atoms with Gasteiger partial charge >= 0.3 is 0 Å². The Hall–Kier alpha value is -0.680. The molecule has 0 aliphatic heterocycles. The molecule has 0 radical (unpaired) electrons. The zero-order chi connectivity index (χ0) is 13.5. The normalized spacial score (nSPS) is 14.5. The summed E-state index contributed by atoms with van der Waals surface area (Å²) in [6.45, 7) is 2.07. The molecule has 0 saturated heterocycles. The van der Waals surface area contributed by atoms with Crippen molar-refractivity contribution < 1.29 is 9.13 Å². The predicted molar refractivity (Wildman–Crippen MR) is 71.9 cm³/mol. The Kier molecular flexibility index (Phi) is 6.57. The van der Waals surface area contributed by atoms with Crippen LogP contribution in [0.2, 0.25) is 5.02 Å². The topological polar surface area (TPSA) is 47.3 Å². The molecule has 0 saturated carbocycles. The summed E-state index contributed by atoms with van der Waals surface area (Å²) in [4.78, 5) is 0. The predicted octanol–water partition coefficient (Wildman–Crippen LogP) is 2.67. The number of halogens is 2. The molecule has 2 unspecified atom stereocenters. The van der Waals surface area contributed by atoms with Crippen molar-refractivity contribution in [2.45, 2.75) is 38.3 Å². The highest BCUT2D eigenvalue weighted by molar-refractivity contribution is 6.30. The summed E-state index contributed by atoms with van der Waals surface area (Å²) in [6.07, 6.45) is 2.30. The Bertz CT molecular complexity index is 376. The zero-order valence-corrected chi connectivity index (χ0v) is 11.5. The van der Waals surface area contributed by atoms with Crippen LogP contribution in [-0.4, -0.2) is 19.3 Å². The summed E-state index contributed by atoms with van der Waals surface area (Å²) in [6, 6.07) is 4.55. The van der Waals surface area contributed by atoms with Crippen molar-refractivity contribution in [1.29, 1.82) is 0 Å². The average Bonchev–Trinajstić information content (AvgIpc) is 2.36. The second kappa shape index (κ2) is 7.69. The van der Waals surface area contributed by atoms with Crippen molar-refractivity contribution in [2.24, 2.45) is 5.84 Å². The van der Waals surface area contributed by atoms with E-state index in [1.54, 1.807) is 19.2 Å². The van der Waals surface area contributed by atoms with E-state index in [1.165, 1.54) is 6.07 Å². The summed E-state index contributed by atoms with van der Waals surface area (Å²) in [7, 11) is 1.64. The van der Waals surface area contributed by atoms with Crippen LogP contribution in [0.4, 0.5) is 4.39 Å². The van der Waals surface area contributed by atoms with E-state index < -0.39 is 0 Å². The third-order valence-corrected chi connectivity index (χ3v) is 3.23. The first-order valence-electron chi connectivity index (χ1n) is 6.05. The van der Waals surface area contributed by atoms with E-state index >= 15 is 0 Å². The van der Waals surface area contributed by atoms with Crippen LogP contribution in [0.5, 0.6) is 0 Å². The molecule has 0 amide bonds. The van der Waals surface area contributed by atoms with Gasteiger partial charge in [-0.05, 0) is 30.5 Å². The lowest BCUT2D eigenvalue weighted by Crippen LogP contribution is -2.46. The smallest absolute Gasteiger partial charge is 0.127 e. The molecule has 0 fully saturated rings. The van der Waals surface area contributed by atoms with Gasteiger partial charge in [-0.3, -0.25) is 11.3 Å². The molecule has 1 aromatic carbocycles. The first-order chi connectivity index (χ1) is 8.62. The van der Waals surface area contributed by atoms with Crippen LogP contribution in [0, 0.1) is 5.82 Å². The van der Waals surface area contributed by atoms with E-state index in [-0.39, 0.29) is 18.0 Å². The number of ether oxygens (including phenoxy) is 1. The maximum Gasteiger partial charge on any atom is 0.127 e. The standard InChI is InChI=1S/C13H20ClFN2O/c1-3-4-13(18-2)12(17-16)7-9-5-6-10(14)8-11(9)15/h5-6,8,12-13,17H,3-4,7,16H2,1-2H3. The van der Waals surface area contributed by atoms with E-state index in [9.17, 15) is 4.39 Å². The summed E-state index contributed by atoms with van der Waals surface area (Å²) in [5.41, 5.74) is 3.29. The number of methoxy groups -OCH3 is 1. The average molecular weight is 275 g/mol. The van der Waals surface area contributed by atoms with Crippen LogP contribution in [-0.2, 0) is 11.2 Å². The van der Waals surface area contributed by atoms with Crippen LogP contribution in [0.25, 0.3) is 0 Å². The highest BCUT2D eigenvalue weighted by Crippen LogP contribution is 2.18. The van der Waals surface area contributed by atoms with E-state index in [2.05, 4.69) is 12.3 Å². The molecule has 0 spiro atoms. The fraction of sp³-hybridized carbons (Fsp3) is 0.538. The van der Waals surface area contributed by atoms with Crippen LogP contribution in [0.3, 0.4) is 0 Å². The highest BCUT2D eigenvalue weighted by Gasteiger charge is 2.21. The minimum atomic E-state index is -0.311. The maximum absolute atomic E-state index is 13.7. The van der Waals surface area contributed by atoms with Gasteiger partial charge in [0.1, 0.15) is 5.82 Å². The van der Waals surface area contributed by atoms with E-state index in [4.69, 9.17) is 22.2 Å². The van der Waals surface area contributed by atoms with Crippen molar-refractivity contribution in [1.82, 2.24) is 5.43 Å². The van der Waals surface area contributed by atoms with Crippen molar-refractivity contribution in [3.63, 3.8) is 0 Å². The van der Waals surface area contributed by atoms with Gasteiger partial charge in [-0.25, -0.2) is 4.39 Å².